The summed E-state index contributed by atoms with van der Waals surface area (Å²) < 4.78 is 36.6. The molecule has 10 heteroatoms. The van der Waals surface area contributed by atoms with E-state index >= 15 is 0 Å². The molecule has 1 heterocycles. The van der Waals surface area contributed by atoms with E-state index in [9.17, 15) is 27.6 Å². The largest absolute Gasteiger partial charge is 0.405 e. The van der Waals surface area contributed by atoms with E-state index in [0.29, 0.717) is 25.1 Å². The first-order valence-corrected chi connectivity index (χ1v) is 7.99. The second kappa shape index (κ2) is 8.65. The summed E-state index contributed by atoms with van der Waals surface area (Å²) in [6.45, 7) is -1.29. The van der Waals surface area contributed by atoms with Crippen molar-refractivity contribution in [2.24, 2.45) is 0 Å². The van der Waals surface area contributed by atoms with Crippen LogP contribution in [0.1, 0.15) is 12.8 Å². The van der Waals surface area contributed by atoms with Crippen LogP contribution in [0.15, 0.2) is 30.3 Å². The number of nitrogens with zero attached hydrogens (tertiary/aromatic N) is 1. The van der Waals surface area contributed by atoms with Gasteiger partial charge in [0.25, 0.3) is 0 Å². The molecular weight excluding hydrogens is 353 g/mol. The molecule has 0 spiro atoms. The number of imide groups is 1. The number of anilines is 1. The standard InChI is InChI=1S/C16H19F3N4O3/c17-16(18,19)10-20-14(25)12-7-4-8-23(12)9-13(24)22-15(26)21-11-5-2-1-3-6-11/h1-3,5-6,12H,4,7-10H2,(H,20,25)(H2,21,22,24,26). The number of hydrogen-bond acceptors (Lipinski definition) is 4. The van der Waals surface area contributed by atoms with Gasteiger partial charge in [0.05, 0.1) is 12.6 Å². The number of likely N-dealkylation sites (tertiary alicyclic amines) is 1. The fraction of sp³-hybridized carbons (Fsp3) is 0.438. The number of rotatable bonds is 5. The third-order valence-electron chi connectivity index (χ3n) is 3.76. The van der Waals surface area contributed by atoms with Crippen molar-refractivity contribution in [1.29, 1.82) is 0 Å². The van der Waals surface area contributed by atoms with Crippen molar-refractivity contribution in [3.8, 4) is 0 Å². The van der Waals surface area contributed by atoms with Gasteiger partial charge in [0.2, 0.25) is 11.8 Å². The highest BCUT2D eigenvalue weighted by molar-refractivity contribution is 6.01. The molecule has 0 aromatic heterocycles. The first-order valence-electron chi connectivity index (χ1n) is 7.99. The Hall–Kier alpha value is -2.62. The van der Waals surface area contributed by atoms with E-state index < -0.39 is 36.6 Å². The lowest BCUT2D eigenvalue weighted by Crippen LogP contribution is -2.49. The molecule has 0 radical (unpaired) electrons. The van der Waals surface area contributed by atoms with Gasteiger partial charge in [-0.1, -0.05) is 18.2 Å². The second-order valence-corrected chi connectivity index (χ2v) is 5.83. The molecule has 0 aliphatic carbocycles. The van der Waals surface area contributed by atoms with Crippen molar-refractivity contribution < 1.29 is 27.6 Å². The van der Waals surface area contributed by atoms with Crippen LogP contribution in [-0.4, -0.2) is 54.6 Å². The predicted molar refractivity (Wildman–Crippen MR) is 87.3 cm³/mol. The molecule has 7 nitrogen and oxygen atoms in total. The lowest BCUT2D eigenvalue weighted by Gasteiger charge is -2.23. The first-order chi connectivity index (χ1) is 12.2. The van der Waals surface area contributed by atoms with Gasteiger partial charge in [-0.2, -0.15) is 13.2 Å². The average molecular weight is 372 g/mol. The van der Waals surface area contributed by atoms with E-state index in [0.717, 1.165) is 0 Å². The Morgan fingerprint density at radius 3 is 2.50 bits per heavy atom. The van der Waals surface area contributed by atoms with Gasteiger partial charge in [-0.15, -0.1) is 0 Å². The molecule has 1 atom stereocenters. The van der Waals surface area contributed by atoms with Gasteiger partial charge in [0, 0.05) is 5.69 Å². The van der Waals surface area contributed by atoms with Crippen molar-refractivity contribution in [3.05, 3.63) is 30.3 Å². The summed E-state index contributed by atoms with van der Waals surface area (Å²) in [5, 5.41) is 6.43. The van der Waals surface area contributed by atoms with Gasteiger partial charge in [0.1, 0.15) is 6.54 Å². The average Bonchev–Trinajstić information content (AvgIpc) is 3.00. The van der Waals surface area contributed by atoms with Crippen molar-refractivity contribution in [3.63, 3.8) is 0 Å². The minimum Gasteiger partial charge on any atom is -0.346 e. The molecule has 1 aliphatic heterocycles. The number of carbonyl (C=O) groups is 3. The van der Waals surface area contributed by atoms with Gasteiger partial charge in [-0.05, 0) is 31.5 Å². The fourth-order valence-corrected chi connectivity index (χ4v) is 2.65. The van der Waals surface area contributed by atoms with Gasteiger partial charge in [-0.3, -0.25) is 19.8 Å². The first kappa shape index (κ1) is 19.7. The zero-order valence-electron chi connectivity index (χ0n) is 13.8. The number of amides is 4. The van der Waals surface area contributed by atoms with Crippen molar-refractivity contribution in [2.75, 3.05) is 25.0 Å². The number of alkyl halides is 3. The highest BCUT2D eigenvalue weighted by Crippen LogP contribution is 2.18. The van der Waals surface area contributed by atoms with Crippen LogP contribution in [0.4, 0.5) is 23.7 Å². The summed E-state index contributed by atoms with van der Waals surface area (Å²) in [5.41, 5.74) is 0.503. The number of nitrogens with one attached hydrogen (secondary N) is 3. The van der Waals surface area contributed by atoms with E-state index in [4.69, 9.17) is 0 Å². The maximum absolute atomic E-state index is 12.2. The molecule has 1 unspecified atom stereocenters. The fourth-order valence-electron chi connectivity index (χ4n) is 2.65. The Bertz CT molecular complexity index is 652. The molecular formula is C16H19F3N4O3. The Balaban J connectivity index is 1.81. The van der Waals surface area contributed by atoms with E-state index in [1.807, 2.05) is 5.32 Å². The van der Waals surface area contributed by atoms with Gasteiger partial charge < -0.3 is 10.6 Å². The van der Waals surface area contributed by atoms with E-state index in [1.165, 1.54) is 4.90 Å². The molecule has 4 amide bonds. The number of halogens is 3. The lowest BCUT2D eigenvalue weighted by atomic mass is 10.2. The van der Waals surface area contributed by atoms with Crippen LogP contribution in [-0.2, 0) is 9.59 Å². The highest BCUT2D eigenvalue weighted by atomic mass is 19.4. The van der Waals surface area contributed by atoms with Crippen LogP contribution in [0.5, 0.6) is 0 Å². The summed E-state index contributed by atoms with van der Waals surface area (Å²) in [5.74, 6) is -1.42. The summed E-state index contributed by atoms with van der Waals surface area (Å²) in [6.07, 6.45) is -3.56. The van der Waals surface area contributed by atoms with Gasteiger partial charge in [0.15, 0.2) is 0 Å². The molecule has 1 aromatic rings. The summed E-state index contributed by atoms with van der Waals surface area (Å²) in [6, 6.07) is 6.94. The minimum atomic E-state index is -4.49. The normalized spacial score (nSPS) is 17.6. The number of hydrogen-bond donors (Lipinski definition) is 3. The van der Waals surface area contributed by atoms with Gasteiger partial charge >= 0.3 is 12.2 Å². The molecule has 2 rings (SSSR count). The smallest absolute Gasteiger partial charge is 0.346 e. The minimum absolute atomic E-state index is 0.258. The third-order valence-corrected chi connectivity index (χ3v) is 3.76. The zero-order valence-corrected chi connectivity index (χ0v) is 13.8. The van der Waals surface area contributed by atoms with Crippen molar-refractivity contribution in [1.82, 2.24) is 15.5 Å². The van der Waals surface area contributed by atoms with Gasteiger partial charge in [-0.25, -0.2) is 4.79 Å². The molecule has 1 aromatic carbocycles. The van der Waals surface area contributed by atoms with Crippen molar-refractivity contribution in [2.45, 2.75) is 25.1 Å². The van der Waals surface area contributed by atoms with E-state index in [2.05, 4.69) is 10.6 Å². The van der Waals surface area contributed by atoms with Crippen LogP contribution in [0.3, 0.4) is 0 Å². The number of para-hydroxylation sites is 1. The van der Waals surface area contributed by atoms with Crippen LogP contribution in [0.25, 0.3) is 0 Å². The quantitative estimate of drug-likeness (QED) is 0.730. The Kier molecular flexibility index (Phi) is 6.56. The number of urea groups is 1. The summed E-state index contributed by atoms with van der Waals surface area (Å²) in [4.78, 5) is 37.1. The van der Waals surface area contributed by atoms with Crippen molar-refractivity contribution >= 4 is 23.5 Å². The summed E-state index contributed by atoms with van der Waals surface area (Å²) in [7, 11) is 0. The topological polar surface area (TPSA) is 90.5 Å². The molecule has 3 N–H and O–H groups in total. The van der Waals surface area contributed by atoms with Crippen LogP contribution < -0.4 is 16.0 Å². The molecule has 1 aliphatic rings. The van der Waals surface area contributed by atoms with Crippen LogP contribution in [0, 0.1) is 0 Å². The zero-order chi connectivity index (χ0) is 19.2. The third kappa shape index (κ3) is 6.36. The molecule has 26 heavy (non-hydrogen) atoms. The monoisotopic (exact) mass is 372 g/mol. The predicted octanol–water partition coefficient (Wildman–Crippen LogP) is 1.48. The molecule has 1 fully saturated rings. The lowest BCUT2D eigenvalue weighted by molar-refractivity contribution is -0.141. The Labute approximate surface area is 147 Å². The number of carbonyl (C=O) groups excluding carboxylic acids is 3. The van der Waals surface area contributed by atoms with Crippen LogP contribution in [0.2, 0.25) is 0 Å². The maximum atomic E-state index is 12.2. The highest BCUT2D eigenvalue weighted by Gasteiger charge is 2.34. The maximum Gasteiger partial charge on any atom is 0.405 e. The Morgan fingerprint density at radius 2 is 1.85 bits per heavy atom. The molecule has 142 valence electrons. The van der Waals surface area contributed by atoms with E-state index in [1.54, 1.807) is 30.3 Å². The second-order valence-electron chi connectivity index (χ2n) is 5.83. The molecule has 1 saturated heterocycles. The number of benzene rings is 1. The van der Waals surface area contributed by atoms with E-state index in [-0.39, 0.29) is 6.54 Å². The van der Waals surface area contributed by atoms with Crippen LogP contribution >= 0.6 is 0 Å². The Morgan fingerprint density at radius 1 is 1.15 bits per heavy atom. The summed E-state index contributed by atoms with van der Waals surface area (Å²) >= 11 is 0. The molecule has 0 saturated carbocycles. The molecule has 0 bridgehead atoms. The SMILES string of the molecule is O=C(CN1CCCC1C(=O)NCC(F)(F)F)NC(=O)Nc1ccccc1.